The number of aliphatic hydroxyl groups is 2. The molecule has 2 atom stereocenters. The number of aliphatic hydroxyl groups excluding tert-OH is 2. The summed E-state index contributed by atoms with van der Waals surface area (Å²) in [6.45, 7) is 4.09. The maximum absolute atomic E-state index is 13.0. The zero-order valence-electron chi connectivity index (χ0n) is 10.6. The van der Waals surface area contributed by atoms with E-state index in [0.29, 0.717) is 17.9 Å². The van der Waals surface area contributed by atoms with Crippen molar-refractivity contribution in [2.75, 3.05) is 19.8 Å². The standard InChI is InChI=1S/C13H19FO4/c1-3-17-7-11(16)8-18-13-5-4-10(14)6-12(13)9(2)15/h4-6,9,11,15-16H,3,7-8H2,1-2H3. The Bertz CT molecular complexity index is 368. The second kappa shape index (κ2) is 7.31. The highest BCUT2D eigenvalue weighted by Crippen LogP contribution is 2.26. The number of hydrogen-bond acceptors (Lipinski definition) is 4. The fourth-order valence-electron chi connectivity index (χ4n) is 1.47. The molecule has 0 aromatic heterocycles. The predicted octanol–water partition coefficient (Wildman–Crippen LogP) is 1.66. The van der Waals surface area contributed by atoms with Crippen LogP contribution in [0, 0.1) is 5.82 Å². The van der Waals surface area contributed by atoms with Gasteiger partial charge in [0.2, 0.25) is 0 Å². The Hall–Kier alpha value is -1.17. The van der Waals surface area contributed by atoms with Gasteiger partial charge in [0.25, 0.3) is 0 Å². The van der Waals surface area contributed by atoms with E-state index in [1.165, 1.54) is 25.1 Å². The Morgan fingerprint density at radius 1 is 1.28 bits per heavy atom. The fourth-order valence-corrected chi connectivity index (χ4v) is 1.47. The first-order chi connectivity index (χ1) is 8.54. The highest BCUT2D eigenvalue weighted by atomic mass is 19.1. The molecule has 5 heteroatoms. The predicted molar refractivity (Wildman–Crippen MR) is 65.0 cm³/mol. The lowest BCUT2D eigenvalue weighted by Crippen LogP contribution is -2.23. The number of halogens is 1. The molecule has 0 spiro atoms. The zero-order valence-corrected chi connectivity index (χ0v) is 10.6. The molecule has 0 heterocycles. The summed E-state index contributed by atoms with van der Waals surface area (Å²) < 4.78 is 23.4. The highest BCUT2D eigenvalue weighted by Gasteiger charge is 2.12. The average Bonchev–Trinajstić information content (AvgIpc) is 2.34. The van der Waals surface area contributed by atoms with Crippen molar-refractivity contribution >= 4 is 0 Å². The lowest BCUT2D eigenvalue weighted by atomic mass is 10.1. The molecule has 1 rings (SSSR count). The lowest BCUT2D eigenvalue weighted by molar-refractivity contribution is 0.0158. The largest absolute Gasteiger partial charge is 0.490 e. The summed E-state index contributed by atoms with van der Waals surface area (Å²) in [6.07, 6.45) is -1.59. The summed E-state index contributed by atoms with van der Waals surface area (Å²) in [5, 5.41) is 19.0. The average molecular weight is 258 g/mol. The maximum Gasteiger partial charge on any atom is 0.125 e. The van der Waals surface area contributed by atoms with Crippen LogP contribution in [0.15, 0.2) is 18.2 Å². The van der Waals surface area contributed by atoms with E-state index in [0.717, 1.165) is 0 Å². The molecule has 0 saturated heterocycles. The van der Waals surface area contributed by atoms with Crippen LogP contribution in [0.25, 0.3) is 0 Å². The van der Waals surface area contributed by atoms with E-state index in [-0.39, 0.29) is 13.2 Å². The molecule has 0 amide bonds. The van der Waals surface area contributed by atoms with Crippen LogP contribution >= 0.6 is 0 Å². The quantitative estimate of drug-likeness (QED) is 0.781. The summed E-state index contributed by atoms with van der Waals surface area (Å²) in [7, 11) is 0. The van der Waals surface area contributed by atoms with E-state index in [1.54, 1.807) is 0 Å². The van der Waals surface area contributed by atoms with Crippen LogP contribution in [0.2, 0.25) is 0 Å². The summed E-state index contributed by atoms with van der Waals surface area (Å²) in [6, 6.07) is 3.90. The minimum Gasteiger partial charge on any atom is -0.490 e. The number of rotatable bonds is 7. The third-order valence-electron chi connectivity index (χ3n) is 2.37. The van der Waals surface area contributed by atoms with Crippen molar-refractivity contribution in [1.29, 1.82) is 0 Å². The van der Waals surface area contributed by atoms with Gasteiger partial charge in [0.1, 0.15) is 24.3 Å². The van der Waals surface area contributed by atoms with Gasteiger partial charge in [0.05, 0.1) is 12.7 Å². The Kier molecular flexibility index (Phi) is 6.04. The second-order valence-electron chi connectivity index (χ2n) is 3.98. The second-order valence-corrected chi connectivity index (χ2v) is 3.98. The normalized spacial score (nSPS) is 14.3. The van der Waals surface area contributed by atoms with Crippen molar-refractivity contribution in [3.63, 3.8) is 0 Å². The van der Waals surface area contributed by atoms with Gasteiger partial charge in [0.15, 0.2) is 0 Å². The molecule has 1 aromatic rings. The third kappa shape index (κ3) is 4.60. The first-order valence-corrected chi connectivity index (χ1v) is 5.90. The Balaban J connectivity index is 2.61. The molecule has 0 aliphatic rings. The summed E-state index contributed by atoms with van der Waals surface area (Å²) in [5.41, 5.74) is 0.360. The van der Waals surface area contributed by atoms with E-state index in [1.807, 2.05) is 6.92 Å². The van der Waals surface area contributed by atoms with Crippen LogP contribution in [0.1, 0.15) is 25.5 Å². The number of benzene rings is 1. The van der Waals surface area contributed by atoms with Crippen LogP contribution < -0.4 is 4.74 Å². The smallest absolute Gasteiger partial charge is 0.125 e. The van der Waals surface area contributed by atoms with Crippen LogP contribution in [0.5, 0.6) is 5.75 Å². The summed E-state index contributed by atoms with van der Waals surface area (Å²) >= 11 is 0. The zero-order chi connectivity index (χ0) is 13.5. The van der Waals surface area contributed by atoms with Crippen LogP contribution in [-0.4, -0.2) is 36.1 Å². The van der Waals surface area contributed by atoms with E-state index in [2.05, 4.69) is 0 Å². The Morgan fingerprint density at radius 2 is 2.00 bits per heavy atom. The van der Waals surface area contributed by atoms with Crippen LogP contribution in [-0.2, 0) is 4.74 Å². The molecule has 0 saturated carbocycles. The topological polar surface area (TPSA) is 58.9 Å². The molecule has 102 valence electrons. The van der Waals surface area contributed by atoms with Gasteiger partial charge in [0, 0.05) is 12.2 Å². The first kappa shape index (κ1) is 14.9. The third-order valence-corrected chi connectivity index (χ3v) is 2.37. The van der Waals surface area contributed by atoms with E-state index in [4.69, 9.17) is 9.47 Å². The van der Waals surface area contributed by atoms with Crippen LogP contribution in [0.3, 0.4) is 0 Å². The van der Waals surface area contributed by atoms with E-state index >= 15 is 0 Å². The molecule has 2 unspecified atom stereocenters. The number of hydrogen-bond donors (Lipinski definition) is 2. The van der Waals surface area contributed by atoms with Crippen molar-refractivity contribution in [2.45, 2.75) is 26.1 Å². The lowest BCUT2D eigenvalue weighted by Gasteiger charge is -2.16. The molecular formula is C13H19FO4. The van der Waals surface area contributed by atoms with Gasteiger partial charge in [-0.05, 0) is 32.0 Å². The molecule has 0 fully saturated rings. The Labute approximate surface area is 106 Å². The minimum absolute atomic E-state index is 0.0331. The molecule has 4 nitrogen and oxygen atoms in total. The summed E-state index contributed by atoms with van der Waals surface area (Å²) in [4.78, 5) is 0. The molecule has 0 bridgehead atoms. The van der Waals surface area contributed by atoms with Crippen molar-refractivity contribution in [3.05, 3.63) is 29.6 Å². The highest BCUT2D eigenvalue weighted by molar-refractivity contribution is 5.35. The van der Waals surface area contributed by atoms with Gasteiger partial charge >= 0.3 is 0 Å². The van der Waals surface area contributed by atoms with Crippen molar-refractivity contribution in [3.8, 4) is 5.75 Å². The maximum atomic E-state index is 13.0. The van der Waals surface area contributed by atoms with Crippen molar-refractivity contribution < 1.29 is 24.1 Å². The molecular weight excluding hydrogens is 239 g/mol. The molecule has 0 radical (unpaired) electrons. The number of ether oxygens (including phenoxy) is 2. The fraction of sp³-hybridized carbons (Fsp3) is 0.538. The summed E-state index contributed by atoms with van der Waals surface area (Å²) in [5.74, 6) is -0.0740. The SMILES string of the molecule is CCOCC(O)COc1ccc(F)cc1C(C)O. The molecule has 0 aliphatic heterocycles. The molecule has 1 aromatic carbocycles. The molecule has 2 N–H and O–H groups in total. The van der Waals surface area contributed by atoms with Gasteiger partial charge in [-0.15, -0.1) is 0 Å². The van der Waals surface area contributed by atoms with Crippen molar-refractivity contribution in [1.82, 2.24) is 0 Å². The van der Waals surface area contributed by atoms with Crippen LogP contribution in [0.4, 0.5) is 4.39 Å². The monoisotopic (exact) mass is 258 g/mol. The molecule has 0 aliphatic carbocycles. The van der Waals surface area contributed by atoms with Gasteiger partial charge in [-0.3, -0.25) is 0 Å². The van der Waals surface area contributed by atoms with Gasteiger partial charge < -0.3 is 19.7 Å². The van der Waals surface area contributed by atoms with Gasteiger partial charge in [-0.2, -0.15) is 0 Å². The first-order valence-electron chi connectivity index (χ1n) is 5.90. The van der Waals surface area contributed by atoms with Gasteiger partial charge in [-0.25, -0.2) is 4.39 Å². The molecule has 18 heavy (non-hydrogen) atoms. The minimum atomic E-state index is -0.834. The van der Waals surface area contributed by atoms with E-state index < -0.39 is 18.0 Å². The Morgan fingerprint density at radius 3 is 2.61 bits per heavy atom. The van der Waals surface area contributed by atoms with Crippen molar-refractivity contribution in [2.24, 2.45) is 0 Å². The van der Waals surface area contributed by atoms with Gasteiger partial charge in [-0.1, -0.05) is 0 Å². The van der Waals surface area contributed by atoms with E-state index in [9.17, 15) is 14.6 Å².